The molecule has 0 radical (unpaired) electrons. The van der Waals surface area contributed by atoms with Gasteiger partial charge in [-0.15, -0.1) is 5.10 Å². The van der Waals surface area contributed by atoms with Crippen LogP contribution in [0.25, 0.3) is 0 Å². The molecule has 2 atom stereocenters. The lowest BCUT2D eigenvalue weighted by molar-refractivity contribution is -0.137. The van der Waals surface area contributed by atoms with Crippen molar-refractivity contribution in [2.24, 2.45) is 0 Å². The summed E-state index contributed by atoms with van der Waals surface area (Å²) < 4.78 is 42.2. The van der Waals surface area contributed by atoms with Crippen molar-refractivity contribution in [1.29, 1.82) is 0 Å². The van der Waals surface area contributed by atoms with Crippen LogP contribution in [-0.4, -0.2) is 62.2 Å². The molecule has 0 aliphatic carbocycles. The Morgan fingerprint density at radius 1 is 1.00 bits per heavy atom. The molecule has 6 nitrogen and oxygen atoms in total. The molecule has 9 heteroatoms. The van der Waals surface area contributed by atoms with Crippen LogP contribution in [0, 0.1) is 0 Å². The van der Waals surface area contributed by atoms with Crippen molar-refractivity contribution >= 4 is 0 Å². The molecule has 0 N–H and O–H groups in total. The van der Waals surface area contributed by atoms with Gasteiger partial charge in [-0.3, -0.25) is 9.80 Å². The zero-order chi connectivity index (χ0) is 22.1. The smallest absolute Gasteiger partial charge is 0.298 e. The van der Waals surface area contributed by atoms with Crippen LogP contribution in [0.1, 0.15) is 41.4 Å². The Kier molecular flexibility index (Phi) is 5.69. The van der Waals surface area contributed by atoms with E-state index in [4.69, 9.17) is 0 Å². The van der Waals surface area contributed by atoms with E-state index in [1.807, 2.05) is 30.3 Å². The highest BCUT2D eigenvalue weighted by molar-refractivity contribution is 5.32. The summed E-state index contributed by atoms with van der Waals surface area (Å²) in [6.45, 7) is 4.01. The van der Waals surface area contributed by atoms with Gasteiger partial charge >= 0.3 is 6.18 Å². The van der Waals surface area contributed by atoms with Crippen LogP contribution >= 0.6 is 0 Å². The summed E-state index contributed by atoms with van der Waals surface area (Å²) >= 11 is 0. The molecule has 0 amide bonds. The molecule has 0 spiro atoms. The topological polar surface area (TPSA) is 50.1 Å². The third-order valence-corrected chi connectivity index (χ3v) is 6.49. The van der Waals surface area contributed by atoms with Gasteiger partial charge in [0.2, 0.25) is 0 Å². The molecule has 3 aromatic rings. The van der Waals surface area contributed by atoms with Crippen molar-refractivity contribution in [1.82, 2.24) is 30.0 Å². The van der Waals surface area contributed by atoms with Crippen molar-refractivity contribution in [3.63, 3.8) is 0 Å². The Hall–Kier alpha value is -2.78. The quantitative estimate of drug-likeness (QED) is 0.604. The van der Waals surface area contributed by atoms with Gasteiger partial charge in [0.1, 0.15) is 0 Å². The van der Waals surface area contributed by atoms with E-state index in [1.165, 1.54) is 18.6 Å². The first-order valence-corrected chi connectivity index (χ1v) is 10.9. The Bertz CT molecular complexity index is 1050. The van der Waals surface area contributed by atoms with Crippen molar-refractivity contribution in [3.05, 3.63) is 77.1 Å². The first-order valence-electron chi connectivity index (χ1n) is 10.9. The molecule has 2 unspecified atom stereocenters. The highest BCUT2D eigenvalue weighted by atomic mass is 19.4. The second kappa shape index (κ2) is 8.63. The molecule has 2 fully saturated rings. The number of rotatable bonds is 5. The fourth-order valence-corrected chi connectivity index (χ4v) is 4.93. The number of halogens is 3. The number of fused-ring (bicyclic) bond motifs is 1. The van der Waals surface area contributed by atoms with Gasteiger partial charge in [0, 0.05) is 25.7 Å². The fraction of sp³-hybridized carbons (Fsp3) is 0.435. The predicted octanol–water partition coefficient (Wildman–Crippen LogP) is 3.61. The summed E-state index contributed by atoms with van der Waals surface area (Å²) in [5, 5.41) is 12.4. The molecule has 1 aromatic heterocycles. The van der Waals surface area contributed by atoms with Crippen LogP contribution in [-0.2, 0) is 12.7 Å². The normalized spacial score (nSPS) is 20.9. The number of hydrogen-bond acceptors (Lipinski definition) is 5. The monoisotopic (exact) mass is 442 g/mol. The molecule has 0 saturated carbocycles. The van der Waals surface area contributed by atoms with Gasteiger partial charge < -0.3 is 0 Å². The summed E-state index contributed by atoms with van der Waals surface area (Å²) in [6.07, 6.45) is -2.13. The van der Waals surface area contributed by atoms with E-state index in [9.17, 15) is 13.2 Å². The Morgan fingerprint density at radius 2 is 1.84 bits per heavy atom. The van der Waals surface area contributed by atoms with Crippen molar-refractivity contribution in [3.8, 4) is 0 Å². The summed E-state index contributed by atoms with van der Waals surface area (Å²) in [5.41, 5.74) is 0.946. The van der Waals surface area contributed by atoms with E-state index in [0.29, 0.717) is 24.0 Å². The number of hydrogen-bond donors (Lipinski definition) is 0. The van der Waals surface area contributed by atoms with Crippen LogP contribution in [0.5, 0.6) is 0 Å². The number of alkyl halides is 3. The summed E-state index contributed by atoms with van der Waals surface area (Å²) in [6, 6.07) is 15.4. The van der Waals surface area contributed by atoms with E-state index in [1.54, 1.807) is 10.7 Å². The van der Waals surface area contributed by atoms with Gasteiger partial charge in [-0.2, -0.15) is 13.2 Å². The van der Waals surface area contributed by atoms with Gasteiger partial charge in [0.15, 0.2) is 5.82 Å². The van der Waals surface area contributed by atoms with Gasteiger partial charge in [0.05, 0.1) is 18.2 Å². The minimum absolute atomic E-state index is 0.426. The zero-order valence-electron chi connectivity index (χ0n) is 17.6. The lowest BCUT2D eigenvalue weighted by atomic mass is 9.99. The maximum atomic E-state index is 13.5. The summed E-state index contributed by atoms with van der Waals surface area (Å²) in [5.74, 6) is 0.569. The zero-order valence-corrected chi connectivity index (χ0v) is 17.6. The molecule has 5 rings (SSSR count). The van der Waals surface area contributed by atoms with Crippen molar-refractivity contribution < 1.29 is 13.2 Å². The Balaban J connectivity index is 1.53. The fourth-order valence-electron chi connectivity index (χ4n) is 4.93. The standard InChI is InChI=1S/C23H25F3N6/c24-23(25,26)19-9-4-8-18(14-19)21(31-13-12-30-11-5-10-20(30)16-31)22-27-28-29-32(22)15-17-6-2-1-3-7-17/h1-4,6-9,14,20-21H,5,10-13,15-16H2. The van der Waals surface area contributed by atoms with Crippen LogP contribution in [0.15, 0.2) is 54.6 Å². The van der Waals surface area contributed by atoms with Crippen LogP contribution in [0.4, 0.5) is 13.2 Å². The molecule has 2 aromatic carbocycles. The lowest BCUT2D eigenvalue weighted by Crippen LogP contribution is -2.51. The second-order valence-corrected chi connectivity index (χ2v) is 8.53. The first kappa shape index (κ1) is 21.1. The van der Waals surface area contributed by atoms with Gasteiger partial charge in [-0.25, -0.2) is 4.68 Å². The predicted molar refractivity (Wildman–Crippen MR) is 113 cm³/mol. The van der Waals surface area contributed by atoms with Crippen LogP contribution < -0.4 is 0 Å². The first-order chi connectivity index (χ1) is 15.5. The Morgan fingerprint density at radius 3 is 2.66 bits per heavy atom. The third-order valence-electron chi connectivity index (χ3n) is 6.49. The maximum absolute atomic E-state index is 13.5. The third kappa shape index (κ3) is 4.27. The van der Waals surface area contributed by atoms with Crippen molar-refractivity contribution in [2.75, 3.05) is 26.2 Å². The molecule has 32 heavy (non-hydrogen) atoms. The van der Waals surface area contributed by atoms with E-state index in [2.05, 4.69) is 25.3 Å². The molecule has 3 heterocycles. The van der Waals surface area contributed by atoms with Crippen LogP contribution in [0.3, 0.4) is 0 Å². The van der Waals surface area contributed by atoms with E-state index >= 15 is 0 Å². The summed E-state index contributed by atoms with van der Waals surface area (Å²) in [4.78, 5) is 4.72. The molecule has 2 saturated heterocycles. The highest BCUT2D eigenvalue weighted by Gasteiger charge is 2.38. The number of tetrazole rings is 1. The second-order valence-electron chi connectivity index (χ2n) is 8.53. The number of piperazine rings is 1. The van der Waals surface area contributed by atoms with E-state index in [-0.39, 0.29) is 0 Å². The molecular formula is C23H25F3N6. The minimum atomic E-state index is -4.40. The summed E-state index contributed by atoms with van der Waals surface area (Å²) in [7, 11) is 0. The average molecular weight is 442 g/mol. The minimum Gasteiger partial charge on any atom is -0.298 e. The molecular weight excluding hydrogens is 417 g/mol. The molecule has 2 aliphatic heterocycles. The molecule has 0 bridgehead atoms. The van der Waals surface area contributed by atoms with Gasteiger partial charge in [-0.1, -0.05) is 42.5 Å². The SMILES string of the molecule is FC(F)(F)c1cccc(C(c2nnnn2Cc2ccccc2)N2CCN3CCCC3C2)c1. The van der Waals surface area contributed by atoms with Gasteiger partial charge in [0.25, 0.3) is 0 Å². The van der Waals surface area contributed by atoms with Crippen LogP contribution in [0.2, 0.25) is 0 Å². The Labute approximate surface area is 184 Å². The van der Waals surface area contributed by atoms with Gasteiger partial charge in [-0.05, 0) is 53.1 Å². The lowest BCUT2D eigenvalue weighted by Gasteiger charge is -2.41. The highest BCUT2D eigenvalue weighted by Crippen LogP contribution is 2.35. The molecule has 2 aliphatic rings. The van der Waals surface area contributed by atoms with E-state index in [0.717, 1.165) is 44.2 Å². The van der Waals surface area contributed by atoms with E-state index < -0.39 is 17.8 Å². The largest absolute Gasteiger partial charge is 0.416 e. The maximum Gasteiger partial charge on any atom is 0.416 e. The van der Waals surface area contributed by atoms with Crippen molar-refractivity contribution in [2.45, 2.75) is 37.6 Å². The number of nitrogens with zero attached hydrogens (tertiary/aromatic N) is 6. The number of aromatic nitrogens is 4. The number of benzene rings is 2. The average Bonchev–Trinajstić information content (AvgIpc) is 3.44. The molecule has 168 valence electrons.